The van der Waals surface area contributed by atoms with Gasteiger partial charge in [0.25, 0.3) is 0 Å². The average molecular weight is 287 g/mol. The maximum Gasteiger partial charge on any atom is 0.159 e. The van der Waals surface area contributed by atoms with E-state index in [1.807, 2.05) is 0 Å². The van der Waals surface area contributed by atoms with Crippen molar-refractivity contribution < 1.29 is 14.3 Å². The smallest absolute Gasteiger partial charge is 0.159 e. The van der Waals surface area contributed by atoms with Crippen molar-refractivity contribution in [3.8, 4) is 11.1 Å². The summed E-state index contributed by atoms with van der Waals surface area (Å²) in [7, 11) is 0. The van der Waals surface area contributed by atoms with Gasteiger partial charge in [0.15, 0.2) is 5.78 Å². The summed E-state index contributed by atoms with van der Waals surface area (Å²) in [6.45, 7) is 1.85. The third-order valence-electron chi connectivity index (χ3n) is 3.42. The number of aliphatic hydroxyl groups is 1. The minimum Gasteiger partial charge on any atom is -0.388 e. The number of carbonyl (C=O) groups excluding carboxylic acids is 1. The lowest BCUT2D eigenvalue weighted by atomic mass is 9.98. The van der Waals surface area contributed by atoms with Gasteiger partial charge in [-0.15, -0.1) is 0 Å². The molecule has 0 aromatic heterocycles. The summed E-state index contributed by atoms with van der Waals surface area (Å²) in [5, 5.41) is 9.85. The van der Waals surface area contributed by atoms with Crippen LogP contribution in [0.5, 0.6) is 0 Å². The van der Waals surface area contributed by atoms with Crippen LogP contribution < -0.4 is 5.73 Å². The van der Waals surface area contributed by atoms with E-state index in [0.717, 1.165) is 5.56 Å². The monoisotopic (exact) mass is 287 g/mol. The van der Waals surface area contributed by atoms with E-state index in [4.69, 9.17) is 5.73 Å². The summed E-state index contributed by atoms with van der Waals surface area (Å²) in [6, 6.07) is 11.3. The van der Waals surface area contributed by atoms with Gasteiger partial charge in [-0.25, -0.2) is 4.39 Å². The van der Waals surface area contributed by atoms with Crippen LogP contribution in [0.2, 0.25) is 0 Å². The predicted octanol–water partition coefficient (Wildman–Crippen LogP) is 3.08. The van der Waals surface area contributed by atoms with Crippen molar-refractivity contribution in [2.75, 3.05) is 6.54 Å². The molecule has 0 radical (unpaired) electrons. The Hall–Kier alpha value is -2.04. The molecule has 1 atom stereocenters. The van der Waals surface area contributed by atoms with Crippen LogP contribution >= 0.6 is 0 Å². The molecule has 0 saturated heterocycles. The Labute approximate surface area is 123 Å². The number of nitrogens with two attached hydrogens (primary N) is 1. The van der Waals surface area contributed by atoms with E-state index >= 15 is 0 Å². The van der Waals surface area contributed by atoms with Crippen LogP contribution in [-0.2, 0) is 0 Å². The molecule has 0 bridgehead atoms. The van der Waals surface area contributed by atoms with E-state index in [1.54, 1.807) is 30.3 Å². The Balaban J connectivity index is 2.34. The van der Waals surface area contributed by atoms with Crippen LogP contribution in [-0.4, -0.2) is 17.4 Å². The van der Waals surface area contributed by atoms with E-state index in [1.165, 1.54) is 19.1 Å². The molecule has 2 aromatic rings. The van der Waals surface area contributed by atoms with E-state index in [-0.39, 0.29) is 11.6 Å². The lowest BCUT2D eigenvalue weighted by molar-refractivity contribution is 0.101. The molecule has 0 aliphatic heterocycles. The summed E-state index contributed by atoms with van der Waals surface area (Å²) >= 11 is 0. The highest BCUT2D eigenvalue weighted by molar-refractivity contribution is 5.95. The number of aliphatic hydroxyl groups excluding tert-OH is 1. The molecular formula is C17H18FNO2. The normalized spacial score (nSPS) is 12.2. The third kappa shape index (κ3) is 3.54. The standard InChI is InChI=1S/C17H18FNO2/c1-11(20)14-6-7-16(18)15(10-14)12-2-4-13(5-3-12)17(21)8-9-19/h2-7,10,17,21H,8-9,19H2,1H3. The number of ketones is 1. The molecule has 21 heavy (non-hydrogen) atoms. The molecule has 0 amide bonds. The SMILES string of the molecule is CC(=O)c1ccc(F)c(-c2ccc(C(O)CCN)cc2)c1. The largest absolute Gasteiger partial charge is 0.388 e. The van der Waals surface area contributed by atoms with Crippen molar-refractivity contribution in [3.05, 3.63) is 59.4 Å². The van der Waals surface area contributed by atoms with Gasteiger partial charge in [-0.05, 0) is 49.2 Å². The third-order valence-corrected chi connectivity index (χ3v) is 3.42. The van der Waals surface area contributed by atoms with Gasteiger partial charge in [0, 0.05) is 11.1 Å². The van der Waals surface area contributed by atoms with Gasteiger partial charge in [0.05, 0.1) is 6.10 Å². The number of benzene rings is 2. The number of hydrogen-bond donors (Lipinski definition) is 2. The van der Waals surface area contributed by atoms with E-state index < -0.39 is 6.10 Å². The molecule has 3 N–H and O–H groups in total. The Morgan fingerprint density at radius 1 is 1.24 bits per heavy atom. The molecule has 1 unspecified atom stereocenters. The van der Waals surface area contributed by atoms with Gasteiger partial charge in [-0.2, -0.15) is 0 Å². The molecule has 0 aliphatic carbocycles. The van der Waals surface area contributed by atoms with Gasteiger partial charge in [-0.3, -0.25) is 4.79 Å². The van der Waals surface area contributed by atoms with E-state index in [2.05, 4.69) is 0 Å². The fraction of sp³-hybridized carbons (Fsp3) is 0.235. The predicted molar refractivity (Wildman–Crippen MR) is 80.5 cm³/mol. The molecule has 0 fully saturated rings. The molecule has 2 rings (SSSR count). The molecule has 0 spiro atoms. The van der Waals surface area contributed by atoms with Crippen LogP contribution in [0.25, 0.3) is 11.1 Å². The van der Waals surface area contributed by atoms with Gasteiger partial charge in [-0.1, -0.05) is 24.3 Å². The Morgan fingerprint density at radius 2 is 1.90 bits per heavy atom. The minimum absolute atomic E-state index is 0.105. The highest BCUT2D eigenvalue weighted by Crippen LogP contribution is 2.26. The van der Waals surface area contributed by atoms with Crippen molar-refractivity contribution in [2.45, 2.75) is 19.4 Å². The first-order chi connectivity index (χ1) is 10.0. The van der Waals surface area contributed by atoms with Crippen molar-refractivity contribution in [1.29, 1.82) is 0 Å². The molecule has 0 saturated carbocycles. The zero-order valence-electron chi connectivity index (χ0n) is 11.8. The minimum atomic E-state index is -0.613. The second-order valence-corrected chi connectivity index (χ2v) is 4.97. The zero-order valence-corrected chi connectivity index (χ0v) is 11.8. The lowest BCUT2D eigenvalue weighted by Crippen LogP contribution is -2.06. The van der Waals surface area contributed by atoms with Gasteiger partial charge in [0.1, 0.15) is 5.82 Å². The summed E-state index contributed by atoms with van der Waals surface area (Å²) in [5.41, 5.74) is 7.67. The second kappa shape index (κ2) is 6.61. The maximum atomic E-state index is 13.9. The van der Waals surface area contributed by atoms with E-state index in [9.17, 15) is 14.3 Å². The quantitative estimate of drug-likeness (QED) is 0.831. The van der Waals surface area contributed by atoms with Crippen LogP contribution in [0.3, 0.4) is 0 Å². The summed E-state index contributed by atoms with van der Waals surface area (Å²) in [4.78, 5) is 11.4. The van der Waals surface area contributed by atoms with Crippen molar-refractivity contribution in [3.63, 3.8) is 0 Å². The van der Waals surface area contributed by atoms with Gasteiger partial charge < -0.3 is 10.8 Å². The first-order valence-electron chi connectivity index (χ1n) is 6.82. The van der Waals surface area contributed by atoms with Gasteiger partial charge >= 0.3 is 0 Å². The van der Waals surface area contributed by atoms with Crippen molar-refractivity contribution >= 4 is 5.78 Å². The highest BCUT2D eigenvalue weighted by atomic mass is 19.1. The van der Waals surface area contributed by atoms with Crippen molar-refractivity contribution in [1.82, 2.24) is 0 Å². The molecule has 3 nitrogen and oxygen atoms in total. The van der Waals surface area contributed by atoms with Crippen molar-refractivity contribution in [2.24, 2.45) is 5.73 Å². The lowest BCUT2D eigenvalue weighted by Gasteiger charge is -2.11. The molecule has 110 valence electrons. The fourth-order valence-electron chi connectivity index (χ4n) is 2.17. The highest BCUT2D eigenvalue weighted by Gasteiger charge is 2.10. The number of Topliss-reactive ketones (excluding diaryl/α,β-unsaturated/α-hetero) is 1. The Bertz CT molecular complexity index is 638. The molecule has 2 aromatic carbocycles. The second-order valence-electron chi connectivity index (χ2n) is 4.97. The Kier molecular flexibility index (Phi) is 4.83. The van der Waals surface area contributed by atoms with Gasteiger partial charge in [0.2, 0.25) is 0 Å². The fourth-order valence-corrected chi connectivity index (χ4v) is 2.17. The molecular weight excluding hydrogens is 269 g/mol. The van der Waals surface area contributed by atoms with Crippen LogP contribution in [0.1, 0.15) is 35.4 Å². The molecule has 0 heterocycles. The molecule has 0 aliphatic rings. The summed E-state index contributed by atoms with van der Waals surface area (Å²) < 4.78 is 13.9. The van der Waals surface area contributed by atoms with Crippen LogP contribution in [0.4, 0.5) is 4.39 Å². The summed E-state index contributed by atoms with van der Waals surface area (Å²) in [6.07, 6.45) is -0.134. The summed E-state index contributed by atoms with van der Waals surface area (Å²) in [5.74, 6) is -0.485. The first-order valence-corrected chi connectivity index (χ1v) is 6.82. The van der Waals surface area contributed by atoms with E-state index in [0.29, 0.717) is 29.7 Å². The van der Waals surface area contributed by atoms with Crippen LogP contribution in [0.15, 0.2) is 42.5 Å². The zero-order chi connectivity index (χ0) is 15.4. The van der Waals surface area contributed by atoms with Crippen LogP contribution in [0, 0.1) is 5.82 Å². The number of rotatable bonds is 5. The molecule has 4 heteroatoms. The maximum absolute atomic E-state index is 13.9. The number of hydrogen-bond acceptors (Lipinski definition) is 3. The average Bonchev–Trinajstić information content (AvgIpc) is 2.48. The number of halogens is 1. The Morgan fingerprint density at radius 3 is 2.48 bits per heavy atom. The topological polar surface area (TPSA) is 63.3 Å². The first kappa shape index (κ1) is 15.4. The number of carbonyl (C=O) groups is 1.